The van der Waals surface area contributed by atoms with E-state index in [1.54, 1.807) is 0 Å². The van der Waals surface area contributed by atoms with Gasteiger partial charge in [0.15, 0.2) is 0 Å². The molecule has 0 aliphatic carbocycles. The van der Waals surface area contributed by atoms with Crippen molar-refractivity contribution in [2.45, 2.75) is 239 Å². The highest BCUT2D eigenvalue weighted by atomic mass is 16.6. The monoisotopic (exact) mass is 1020 g/mol. The number of unbranched alkanes of at least 4 members (excludes halogenated alkanes) is 20. The van der Waals surface area contributed by atoms with Crippen LogP contribution >= 0.6 is 0 Å². The first kappa shape index (κ1) is 66.1. The zero-order chi connectivity index (χ0) is 53.0. The summed E-state index contributed by atoms with van der Waals surface area (Å²) in [5.41, 5.74) is 0. The quantitative estimate of drug-likeness (QED) is 0.0318. The lowest BCUT2D eigenvalue weighted by Gasteiger charge is -2.24. The van der Waals surface area contributed by atoms with Crippen molar-refractivity contribution in [3.8, 4) is 0 Å². The smallest absolute Gasteiger partial charge is 0.410 e. The first-order valence-corrected chi connectivity index (χ1v) is 28.4. The Bertz CT molecular complexity index is 1430. The highest BCUT2D eigenvalue weighted by Crippen LogP contribution is 2.25. The highest BCUT2D eigenvalue weighted by Gasteiger charge is 2.40. The Kier molecular flexibility index (Phi) is 40.9. The summed E-state index contributed by atoms with van der Waals surface area (Å²) in [5, 5.41) is 0. The molecule has 418 valence electrons. The molecule has 0 radical (unpaired) electrons. The third kappa shape index (κ3) is 36.9. The number of likely N-dealkylation sites (tertiary alicyclic amines) is 1. The van der Waals surface area contributed by atoms with Crippen molar-refractivity contribution in [3.63, 3.8) is 0 Å². The van der Waals surface area contributed by atoms with Crippen LogP contribution in [0.4, 0.5) is 4.79 Å². The fourth-order valence-electron chi connectivity index (χ4n) is 8.52. The van der Waals surface area contributed by atoms with Gasteiger partial charge < -0.3 is 38.1 Å². The summed E-state index contributed by atoms with van der Waals surface area (Å²) >= 11 is 0. The van der Waals surface area contributed by atoms with Crippen molar-refractivity contribution < 1.29 is 66.7 Å². The maximum absolute atomic E-state index is 13.6. The predicted molar refractivity (Wildman–Crippen MR) is 278 cm³/mol. The zero-order valence-electron chi connectivity index (χ0n) is 46.0. The van der Waals surface area contributed by atoms with Gasteiger partial charge in [-0.1, -0.05) is 156 Å². The van der Waals surface area contributed by atoms with E-state index in [4.69, 9.17) is 33.2 Å². The van der Waals surface area contributed by atoms with E-state index in [2.05, 4.69) is 27.7 Å². The van der Waals surface area contributed by atoms with Crippen LogP contribution in [0.3, 0.4) is 0 Å². The topological polar surface area (TPSA) is 191 Å². The molecule has 3 atom stereocenters. The van der Waals surface area contributed by atoms with Crippen molar-refractivity contribution in [1.29, 1.82) is 0 Å². The Morgan fingerprint density at radius 2 is 0.847 bits per heavy atom. The first-order valence-electron chi connectivity index (χ1n) is 28.4. The molecule has 0 aromatic rings. The van der Waals surface area contributed by atoms with E-state index in [0.29, 0.717) is 13.0 Å². The molecular formula is C56H100N2O14. The van der Waals surface area contributed by atoms with Gasteiger partial charge in [-0.05, 0) is 45.7 Å². The average molecular weight is 1030 g/mol. The van der Waals surface area contributed by atoms with Crippen LogP contribution in [0, 0.1) is 11.8 Å². The SMILES string of the molecule is CCCCCCCCOC(=O)CC(COC(=O)CCCCCCCC)CC(=O)OC[C@@H]1C[C@@H](OC(=O)CC(CC(=O)OCCCCCCCC)CC(=O)OCCCCCCCC)CN1C(=O)OCCN(C)C. The molecule has 0 aromatic carbocycles. The van der Waals surface area contributed by atoms with Crippen LogP contribution in [0.25, 0.3) is 0 Å². The summed E-state index contributed by atoms with van der Waals surface area (Å²) in [6, 6.07) is -0.723. The third-order valence-corrected chi connectivity index (χ3v) is 12.9. The van der Waals surface area contributed by atoms with Gasteiger partial charge in [-0.2, -0.15) is 0 Å². The number of carbonyl (C=O) groups is 7. The first-order chi connectivity index (χ1) is 34.8. The molecule has 1 heterocycles. The minimum atomic E-state index is -0.803. The molecule has 1 fully saturated rings. The van der Waals surface area contributed by atoms with E-state index < -0.39 is 65.9 Å². The van der Waals surface area contributed by atoms with Gasteiger partial charge in [0, 0.05) is 44.6 Å². The second-order valence-corrected chi connectivity index (χ2v) is 20.2. The van der Waals surface area contributed by atoms with Crippen LogP contribution in [0.15, 0.2) is 0 Å². The number of hydrogen-bond donors (Lipinski definition) is 0. The molecule has 1 saturated heterocycles. The lowest BCUT2D eigenvalue weighted by atomic mass is 9.97. The lowest BCUT2D eigenvalue weighted by Crippen LogP contribution is -2.40. The van der Waals surface area contributed by atoms with Gasteiger partial charge in [0.1, 0.15) is 19.3 Å². The minimum Gasteiger partial charge on any atom is -0.466 e. The summed E-state index contributed by atoms with van der Waals surface area (Å²) in [7, 11) is 3.69. The number of nitrogens with zero attached hydrogens (tertiary/aromatic N) is 2. The molecule has 0 aromatic heterocycles. The molecule has 1 unspecified atom stereocenters. The molecule has 1 amide bonds. The molecule has 1 aliphatic heterocycles. The number of ether oxygens (including phenoxy) is 7. The Hall–Kier alpha value is -3.95. The van der Waals surface area contributed by atoms with Crippen molar-refractivity contribution >= 4 is 41.9 Å². The highest BCUT2D eigenvalue weighted by molar-refractivity contribution is 5.77. The zero-order valence-corrected chi connectivity index (χ0v) is 46.0. The summed E-state index contributed by atoms with van der Waals surface area (Å²) in [6.45, 7) is 9.53. The number of rotatable bonds is 46. The molecule has 0 N–H and O–H groups in total. The molecule has 0 spiro atoms. The van der Waals surface area contributed by atoms with E-state index in [-0.39, 0.29) is 91.1 Å². The second-order valence-electron chi connectivity index (χ2n) is 20.2. The number of amides is 1. The van der Waals surface area contributed by atoms with E-state index >= 15 is 0 Å². The second kappa shape index (κ2) is 44.5. The van der Waals surface area contributed by atoms with Gasteiger partial charge in [-0.25, -0.2) is 4.79 Å². The van der Waals surface area contributed by atoms with Gasteiger partial charge in [-0.3, -0.25) is 33.7 Å². The van der Waals surface area contributed by atoms with Gasteiger partial charge in [-0.15, -0.1) is 0 Å². The number of esters is 6. The average Bonchev–Trinajstić information content (AvgIpc) is 3.74. The van der Waals surface area contributed by atoms with Gasteiger partial charge in [0.2, 0.25) is 0 Å². The predicted octanol–water partition coefficient (Wildman–Crippen LogP) is 11.4. The molecule has 16 heteroatoms. The van der Waals surface area contributed by atoms with Crippen LogP contribution in [-0.2, 0) is 61.9 Å². The number of likely N-dealkylation sites (N-methyl/N-ethyl adjacent to an activating group) is 1. The summed E-state index contributed by atoms with van der Waals surface area (Å²) < 4.78 is 39.2. The molecular weight excluding hydrogens is 925 g/mol. The minimum absolute atomic E-state index is 0.0400. The van der Waals surface area contributed by atoms with Crippen molar-refractivity contribution in [2.75, 3.05) is 66.8 Å². The summed E-state index contributed by atoms with van der Waals surface area (Å²) in [4.78, 5) is 95.3. The van der Waals surface area contributed by atoms with Crippen LogP contribution in [0.1, 0.15) is 227 Å². The third-order valence-electron chi connectivity index (χ3n) is 12.9. The van der Waals surface area contributed by atoms with Crippen molar-refractivity contribution in [1.82, 2.24) is 9.80 Å². The maximum atomic E-state index is 13.6. The molecule has 16 nitrogen and oxygen atoms in total. The summed E-state index contributed by atoms with van der Waals surface area (Å²) in [6.07, 6.45) is 22.6. The molecule has 1 aliphatic rings. The van der Waals surface area contributed by atoms with Crippen LogP contribution in [-0.4, -0.2) is 131 Å². The van der Waals surface area contributed by atoms with Crippen LogP contribution in [0.2, 0.25) is 0 Å². The Balaban J connectivity index is 3.03. The largest absolute Gasteiger partial charge is 0.466 e. The van der Waals surface area contributed by atoms with Crippen molar-refractivity contribution in [3.05, 3.63) is 0 Å². The normalized spacial score (nSPS) is 14.8. The van der Waals surface area contributed by atoms with E-state index in [1.807, 2.05) is 19.0 Å². The molecule has 0 saturated carbocycles. The molecule has 0 bridgehead atoms. The van der Waals surface area contributed by atoms with E-state index in [9.17, 15) is 33.6 Å². The number of carbonyl (C=O) groups excluding carboxylic acids is 7. The standard InChI is InChI=1S/C56H100N2O14/c1-7-11-15-19-23-27-31-50(59)70-44-47(40-53(62)68-35-30-26-22-18-14-10-4)41-54(63)71-45-48-42-49(43-58(48)56(65)69-36-32-57(5)6)72-55(64)39-46(37-51(60)66-33-28-24-20-16-12-8-2)38-52(61)67-34-29-25-21-17-13-9-3/h46-49H,7-45H2,1-6H3/t47?,48-,49+/m0/s1. The Morgan fingerprint density at radius 3 is 1.31 bits per heavy atom. The van der Waals surface area contributed by atoms with E-state index in [0.717, 1.165) is 128 Å². The fourth-order valence-corrected chi connectivity index (χ4v) is 8.52. The maximum Gasteiger partial charge on any atom is 0.410 e. The lowest BCUT2D eigenvalue weighted by molar-refractivity contribution is -0.154. The van der Waals surface area contributed by atoms with Crippen molar-refractivity contribution in [2.24, 2.45) is 11.8 Å². The van der Waals surface area contributed by atoms with Gasteiger partial charge in [0.05, 0.1) is 51.9 Å². The van der Waals surface area contributed by atoms with Gasteiger partial charge in [0.25, 0.3) is 0 Å². The van der Waals surface area contributed by atoms with Crippen LogP contribution < -0.4 is 0 Å². The molecule has 1 rings (SSSR count). The van der Waals surface area contributed by atoms with E-state index in [1.165, 1.54) is 24.2 Å². The Morgan fingerprint density at radius 1 is 0.444 bits per heavy atom. The molecule has 72 heavy (non-hydrogen) atoms. The summed E-state index contributed by atoms with van der Waals surface area (Å²) in [5.74, 6) is -4.63. The van der Waals surface area contributed by atoms with Crippen LogP contribution in [0.5, 0.6) is 0 Å². The van der Waals surface area contributed by atoms with Gasteiger partial charge >= 0.3 is 41.9 Å². The Labute approximate surface area is 434 Å². The number of hydrogen-bond acceptors (Lipinski definition) is 15. The fraction of sp³-hybridized carbons (Fsp3) is 0.875.